The predicted octanol–water partition coefficient (Wildman–Crippen LogP) is 3.42. The normalized spacial score (nSPS) is 17.2. The molecule has 160 valence electrons. The lowest BCUT2D eigenvalue weighted by Gasteiger charge is -2.22. The minimum atomic E-state index is -0.101. The molecule has 1 aliphatic rings. The minimum absolute atomic E-state index is 0.101. The van der Waals surface area contributed by atoms with Crippen LogP contribution in [0.1, 0.15) is 25.8 Å². The highest BCUT2D eigenvalue weighted by molar-refractivity contribution is 5.94. The lowest BCUT2D eigenvalue weighted by atomic mass is 9.95. The van der Waals surface area contributed by atoms with Gasteiger partial charge < -0.3 is 14.0 Å². The van der Waals surface area contributed by atoms with Crippen molar-refractivity contribution < 1.29 is 9.47 Å². The maximum atomic E-state index is 12.4. The number of likely N-dealkylation sites (tertiary alicyclic amines) is 1. The van der Waals surface area contributed by atoms with Crippen LogP contribution in [-0.2, 0) is 13.6 Å². The van der Waals surface area contributed by atoms with Crippen molar-refractivity contribution in [2.45, 2.75) is 26.8 Å². The molecule has 1 fully saturated rings. The summed E-state index contributed by atoms with van der Waals surface area (Å²) in [6.07, 6.45) is 4.76. The molecule has 4 rings (SSSR count). The van der Waals surface area contributed by atoms with Gasteiger partial charge in [-0.15, -0.1) is 0 Å². The second-order valence-corrected chi connectivity index (χ2v) is 8.50. The second-order valence-electron chi connectivity index (χ2n) is 8.50. The van der Waals surface area contributed by atoms with Gasteiger partial charge in [-0.05, 0) is 42.5 Å². The van der Waals surface area contributed by atoms with E-state index in [0.717, 1.165) is 59.1 Å². The number of aromatic amines is 1. The lowest BCUT2D eigenvalue weighted by Crippen LogP contribution is -2.22. The third kappa shape index (κ3) is 3.58. The van der Waals surface area contributed by atoms with Crippen molar-refractivity contribution >= 4 is 10.9 Å². The average Bonchev–Trinajstić information content (AvgIpc) is 3.41. The van der Waals surface area contributed by atoms with E-state index in [0.29, 0.717) is 11.4 Å². The van der Waals surface area contributed by atoms with Crippen molar-refractivity contribution in [1.82, 2.24) is 19.7 Å². The highest BCUT2D eigenvalue weighted by Crippen LogP contribution is 2.38. The number of aryl methyl sites for hydroxylation is 1. The third-order valence-electron chi connectivity index (χ3n) is 6.34. The van der Waals surface area contributed by atoms with Crippen molar-refractivity contribution in [3.05, 3.63) is 40.4 Å². The van der Waals surface area contributed by atoms with E-state index in [2.05, 4.69) is 28.9 Å². The van der Waals surface area contributed by atoms with Crippen LogP contribution in [0.15, 0.2) is 29.3 Å². The van der Waals surface area contributed by atoms with Gasteiger partial charge in [0, 0.05) is 37.3 Å². The van der Waals surface area contributed by atoms with E-state index in [1.807, 2.05) is 18.3 Å². The monoisotopic (exact) mass is 410 g/mol. The molecule has 0 bridgehead atoms. The first-order chi connectivity index (χ1) is 14.4. The van der Waals surface area contributed by atoms with Crippen molar-refractivity contribution in [1.29, 1.82) is 0 Å². The number of nitrogens with one attached hydrogen (secondary N) is 1. The molecular formula is C23H30N4O3. The molecule has 0 saturated carbocycles. The van der Waals surface area contributed by atoms with Crippen LogP contribution in [0.2, 0.25) is 0 Å². The van der Waals surface area contributed by atoms with Gasteiger partial charge in [0.2, 0.25) is 0 Å². The first kappa shape index (κ1) is 20.5. The Morgan fingerprint density at radius 1 is 1.23 bits per heavy atom. The topological polar surface area (TPSA) is 72.4 Å². The fourth-order valence-corrected chi connectivity index (χ4v) is 4.45. The van der Waals surface area contributed by atoms with Gasteiger partial charge in [0.05, 0.1) is 26.0 Å². The van der Waals surface area contributed by atoms with Crippen LogP contribution in [0.4, 0.5) is 0 Å². The lowest BCUT2D eigenvalue weighted by molar-refractivity contribution is 0.284. The Hall–Kier alpha value is -2.80. The fraction of sp³-hybridized carbons (Fsp3) is 0.478. The molecule has 1 unspecified atom stereocenters. The number of hydrogen-bond acceptors (Lipinski definition) is 5. The largest absolute Gasteiger partial charge is 0.496 e. The minimum Gasteiger partial charge on any atom is -0.496 e. The van der Waals surface area contributed by atoms with E-state index < -0.39 is 0 Å². The number of hydrogen-bond donors (Lipinski definition) is 1. The summed E-state index contributed by atoms with van der Waals surface area (Å²) >= 11 is 0. The molecule has 7 heteroatoms. The second kappa shape index (κ2) is 8.14. The highest BCUT2D eigenvalue weighted by atomic mass is 16.5. The van der Waals surface area contributed by atoms with Crippen LogP contribution in [0.3, 0.4) is 0 Å². The Bertz CT molecular complexity index is 1090. The first-order valence-corrected chi connectivity index (χ1v) is 10.4. The predicted molar refractivity (Wildman–Crippen MR) is 118 cm³/mol. The maximum absolute atomic E-state index is 12.4. The molecule has 0 amide bonds. The van der Waals surface area contributed by atoms with Gasteiger partial charge >= 0.3 is 0 Å². The van der Waals surface area contributed by atoms with Crippen LogP contribution in [0, 0.1) is 11.8 Å². The molecule has 7 nitrogen and oxygen atoms in total. The number of rotatable bonds is 6. The van der Waals surface area contributed by atoms with E-state index in [9.17, 15) is 4.79 Å². The standard InChI is InChI=1S/C23H30N4O3/c1-14(2)15-6-7-27(11-15)13-19-20(29-4)8-16(9-21(19)30-5)18-12-26(3)23(28)22-17(18)10-24-25-22/h8-10,12,14-15H,6-7,11,13H2,1-5H3,(H,24,25). The molecule has 0 spiro atoms. The summed E-state index contributed by atoms with van der Waals surface area (Å²) in [6, 6.07) is 4.06. The third-order valence-corrected chi connectivity index (χ3v) is 6.34. The van der Waals surface area contributed by atoms with E-state index in [-0.39, 0.29) is 5.56 Å². The van der Waals surface area contributed by atoms with Crippen molar-refractivity contribution in [2.24, 2.45) is 18.9 Å². The first-order valence-electron chi connectivity index (χ1n) is 10.4. The number of pyridine rings is 1. The van der Waals surface area contributed by atoms with Gasteiger partial charge in [0.15, 0.2) is 0 Å². The van der Waals surface area contributed by atoms with Crippen LogP contribution in [0.5, 0.6) is 11.5 Å². The Labute approximate surface area is 176 Å². The van der Waals surface area contributed by atoms with Crippen molar-refractivity contribution in [3.63, 3.8) is 0 Å². The summed E-state index contributed by atoms with van der Waals surface area (Å²) in [5.74, 6) is 3.02. The summed E-state index contributed by atoms with van der Waals surface area (Å²) in [5, 5.41) is 7.68. The van der Waals surface area contributed by atoms with E-state index in [4.69, 9.17) is 9.47 Å². The molecule has 3 aromatic rings. The Balaban J connectivity index is 1.76. The molecule has 2 aromatic heterocycles. The molecule has 1 aliphatic heterocycles. The van der Waals surface area contributed by atoms with E-state index in [1.165, 1.54) is 6.42 Å². The SMILES string of the molecule is COc1cc(-c2cn(C)c(=O)c3[nH]ncc23)cc(OC)c1CN1CCC(C(C)C)C1. The van der Waals surface area contributed by atoms with Crippen LogP contribution in [0.25, 0.3) is 22.0 Å². The smallest absolute Gasteiger partial charge is 0.276 e. The molecule has 1 saturated heterocycles. The van der Waals surface area contributed by atoms with Gasteiger partial charge in [-0.25, -0.2) is 0 Å². The molecule has 1 atom stereocenters. The summed E-state index contributed by atoms with van der Waals surface area (Å²) in [6.45, 7) is 7.58. The number of benzene rings is 1. The zero-order valence-corrected chi connectivity index (χ0v) is 18.4. The molecule has 1 N–H and O–H groups in total. The molecule has 1 aromatic carbocycles. The zero-order chi connectivity index (χ0) is 21.4. The molecular weight excluding hydrogens is 380 g/mol. The number of methoxy groups -OCH3 is 2. The fourth-order valence-electron chi connectivity index (χ4n) is 4.45. The van der Waals surface area contributed by atoms with E-state index >= 15 is 0 Å². The zero-order valence-electron chi connectivity index (χ0n) is 18.4. The van der Waals surface area contributed by atoms with Crippen molar-refractivity contribution in [2.75, 3.05) is 27.3 Å². The maximum Gasteiger partial charge on any atom is 0.276 e. The summed E-state index contributed by atoms with van der Waals surface area (Å²) in [5.41, 5.74) is 3.28. The Kier molecular flexibility index (Phi) is 5.56. The molecule has 0 radical (unpaired) electrons. The summed E-state index contributed by atoms with van der Waals surface area (Å²) in [4.78, 5) is 14.9. The number of ether oxygens (including phenoxy) is 2. The molecule has 3 heterocycles. The summed E-state index contributed by atoms with van der Waals surface area (Å²) < 4.78 is 13.1. The van der Waals surface area contributed by atoms with Gasteiger partial charge in [0.1, 0.15) is 17.0 Å². The van der Waals surface area contributed by atoms with Gasteiger partial charge in [-0.3, -0.25) is 14.8 Å². The number of aromatic nitrogens is 3. The number of fused-ring (bicyclic) bond motifs is 1. The van der Waals surface area contributed by atoms with Crippen LogP contribution < -0.4 is 15.0 Å². The number of H-pyrrole nitrogens is 1. The average molecular weight is 411 g/mol. The molecule has 30 heavy (non-hydrogen) atoms. The Morgan fingerprint density at radius 3 is 2.53 bits per heavy atom. The van der Waals surface area contributed by atoms with Gasteiger partial charge in [-0.2, -0.15) is 5.10 Å². The highest BCUT2D eigenvalue weighted by Gasteiger charge is 2.27. The quantitative estimate of drug-likeness (QED) is 0.674. The Morgan fingerprint density at radius 2 is 1.93 bits per heavy atom. The van der Waals surface area contributed by atoms with Gasteiger partial charge in [0.25, 0.3) is 5.56 Å². The molecule has 0 aliphatic carbocycles. The number of nitrogens with zero attached hydrogens (tertiary/aromatic N) is 3. The summed E-state index contributed by atoms with van der Waals surface area (Å²) in [7, 11) is 5.13. The van der Waals surface area contributed by atoms with Gasteiger partial charge in [-0.1, -0.05) is 13.8 Å². The van der Waals surface area contributed by atoms with E-state index in [1.54, 1.807) is 32.0 Å². The van der Waals surface area contributed by atoms with Crippen molar-refractivity contribution in [3.8, 4) is 22.6 Å². The van der Waals surface area contributed by atoms with Crippen LogP contribution >= 0.6 is 0 Å². The van der Waals surface area contributed by atoms with Crippen LogP contribution in [-0.4, -0.2) is 47.0 Å².